The highest BCUT2D eigenvalue weighted by atomic mass is 16.4. The lowest BCUT2D eigenvalue weighted by Gasteiger charge is -2.38. The Bertz CT molecular complexity index is 320. The van der Waals surface area contributed by atoms with Crippen molar-refractivity contribution in [3.8, 4) is 0 Å². The molecule has 0 bridgehead atoms. The maximum absolute atomic E-state index is 12.6. The third kappa shape index (κ3) is 3.37. The fourth-order valence-corrected chi connectivity index (χ4v) is 2.59. The molecule has 0 unspecified atom stereocenters. The number of carbonyl (C=O) groups excluding carboxylic acids is 1. The van der Waals surface area contributed by atoms with E-state index in [1.54, 1.807) is 4.90 Å². The first-order valence-corrected chi connectivity index (χ1v) is 6.68. The van der Waals surface area contributed by atoms with E-state index < -0.39 is 0 Å². The van der Waals surface area contributed by atoms with Crippen LogP contribution in [-0.2, 0) is 4.79 Å². The van der Waals surface area contributed by atoms with Crippen molar-refractivity contribution in [3.05, 3.63) is 0 Å². The van der Waals surface area contributed by atoms with Crippen LogP contribution in [0.4, 0.5) is 0 Å². The largest absolute Gasteiger partial charge is 0.409 e. The van der Waals surface area contributed by atoms with Crippen molar-refractivity contribution in [1.29, 1.82) is 0 Å². The van der Waals surface area contributed by atoms with Crippen molar-refractivity contribution in [2.45, 2.75) is 58.9 Å². The Balaban J connectivity index is 2.81. The lowest BCUT2D eigenvalue weighted by atomic mass is 9.74. The van der Waals surface area contributed by atoms with Crippen molar-refractivity contribution in [1.82, 2.24) is 4.90 Å². The van der Waals surface area contributed by atoms with E-state index in [1.165, 1.54) is 6.42 Å². The molecule has 1 aliphatic carbocycles. The third-order valence-electron chi connectivity index (χ3n) is 3.82. The Labute approximate surface area is 109 Å². The average Bonchev–Trinajstić information content (AvgIpc) is 2.35. The van der Waals surface area contributed by atoms with Crippen LogP contribution in [0.5, 0.6) is 0 Å². The van der Waals surface area contributed by atoms with Gasteiger partial charge in [-0.1, -0.05) is 31.3 Å². The van der Waals surface area contributed by atoms with Crippen molar-refractivity contribution in [3.63, 3.8) is 0 Å². The minimum Gasteiger partial charge on any atom is -0.409 e. The molecule has 1 amide bonds. The van der Waals surface area contributed by atoms with Crippen LogP contribution in [0.15, 0.2) is 5.16 Å². The van der Waals surface area contributed by atoms with Crippen LogP contribution < -0.4 is 5.73 Å². The molecule has 0 aromatic rings. The zero-order chi connectivity index (χ0) is 13.8. The molecule has 0 atom stereocenters. The second kappa shape index (κ2) is 6.07. The van der Waals surface area contributed by atoms with Gasteiger partial charge in [0.1, 0.15) is 0 Å². The molecular formula is C13H25N3O2. The number of nitrogens with zero attached hydrogens (tertiary/aromatic N) is 2. The van der Waals surface area contributed by atoms with Crippen molar-refractivity contribution in [2.75, 3.05) is 6.54 Å². The molecule has 0 aliphatic heterocycles. The summed E-state index contributed by atoms with van der Waals surface area (Å²) in [5.41, 5.74) is 5.25. The van der Waals surface area contributed by atoms with E-state index in [1.807, 2.05) is 20.8 Å². The van der Waals surface area contributed by atoms with Gasteiger partial charge in [-0.2, -0.15) is 0 Å². The van der Waals surface area contributed by atoms with E-state index in [4.69, 9.17) is 10.9 Å². The van der Waals surface area contributed by atoms with Gasteiger partial charge in [0.25, 0.3) is 0 Å². The van der Waals surface area contributed by atoms with Crippen LogP contribution in [0.2, 0.25) is 0 Å². The van der Waals surface area contributed by atoms with Gasteiger partial charge in [-0.05, 0) is 26.7 Å². The van der Waals surface area contributed by atoms with E-state index in [0.717, 1.165) is 25.7 Å². The smallest absolute Gasteiger partial charge is 0.229 e. The van der Waals surface area contributed by atoms with Gasteiger partial charge in [0.05, 0.1) is 6.54 Å². The molecule has 5 nitrogen and oxygen atoms in total. The molecule has 0 aromatic carbocycles. The third-order valence-corrected chi connectivity index (χ3v) is 3.82. The number of amides is 1. The SMILES string of the molecule is CC(C)N(CC(N)=NO)C(=O)C1(C)CCCCC1. The molecule has 0 aromatic heterocycles. The van der Waals surface area contributed by atoms with Gasteiger partial charge in [-0.25, -0.2) is 0 Å². The van der Waals surface area contributed by atoms with E-state index >= 15 is 0 Å². The summed E-state index contributed by atoms with van der Waals surface area (Å²) in [5, 5.41) is 11.6. The molecule has 5 heteroatoms. The summed E-state index contributed by atoms with van der Waals surface area (Å²) in [7, 11) is 0. The highest BCUT2D eigenvalue weighted by Crippen LogP contribution is 2.37. The number of oxime groups is 1. The molecule has 18 heavy (non-hydrogen) atoms. The lowest BCUT2D eigenvalue weighted by molar-refractivity contribution is -0.144. The normalized spacial score (nSPS) is 19.9. The van der Waals surface area contributed by atoms with Crippen LogP contribution in [-0.4, -0.2) is 34.4 Å². The number of amidine groups is 1. The number of carbonyl (C=O) groups is 1. The van der Waals surface area contributed by atoms with Gasteiger partial charge < -0.3 is 15.8 Å². The van der Waals surface area contributed by atoms with Crippen LogP contribution in [0.3, 0.4) is 0 Å². The predicted molar refractivity (Wildman–Crippen MR) is 71.4 cm³/mol. The van der Waals surface area contributed by atoms with Gasteiger partial charge in [0.15, 0.2) is 5.84 Å². The lowest BCUT2D eigenvalue weighted by Crippen LogP contribution is -2.49. The fraction of sp³-hybridized carbons (Fsp3) is 0.846. The van der Waals surface area contributed by atoms with E-state index in [0.29, 0.717) is 0 Å². The number of nitrogens with two attached hydrogens (primary N) is 1. The summed E-state index contributed by atoms with van der Waals surface area (Å²) in [6, 6.07) is 0.0524. The molecule has 104 valence electrons. The molecule has 1 fully saturated rings. The first kappa shape index (κ1) is 14.8. The van der Waals surface area contributed by atoms with Crippen molar-refractivity contribution < 1.29 is 10.0 Å². The quantitative estimate of drug-likeness (QED) is 0.349. The maximum atomic E-state index is 12.6. The highest BCUT2D eigenvalue weighted by molar-refractivity contribution is 5.89. The van der Waals surface area contributed by atoms with Gasteiger partial charge >= 0.3 is 0 Å². The zero-order valence-corrected chi connectivity index (χ0v) is 11.6. The Morgan fingerprint density at radius 1 is 1.39 bits per heavy atom. The number of hydrogen-bond acceptors (Lipinski definition) is 3. The Morgan fingerprint density at radius 2 is 1.94 bits per heavy atom. The topological polar surface area (TPSA) is 78.9 Å². The minimum absolute atomic E-state index is 0.0524. The Morgan fingerprint density at radius 3 is 2.39 bits per heavy atom. The zero-order valence-electron chi connectivity index (χ0n) is 11.6. The van der Waals surface area contributed by atoms with Crippen molar-refractivity contribution >= 4 is 11.7 Å². The second-order valence-corrected chi connectivity index (χ2v) is 5.74. The van der Waals surface area contributed by atoms with Gasteiger partial charge in [0.2, 0.25) is 5.91 Å². The van der Waals surface area contributed by atoms with Gasteiger partial charge in [0, 0.05) is 11.5 Å². The molecule has 3 N–H and O–H groups in total. The molecule has 0 radical (unpaired) electrons. The number of rotatable bonds is 4. The molecule has 1 rings (SSSR count). The van der Waals surface area contributed by atoms with Crippen LogP contribution >= 0.6 is 0 Å². The molecule has 1 saturated carbocycles. The van der Waals surface area contributed by atoms with Gasteiger partial charge in [-0.15, -0.1) is 0 Å². The summed E-state index contributed by atoms with van der Waals surface area (Å²) in [6.07, 6.45) is 5.30. The highest BCUT2D eigenvalue weighted by Gasteiger charge is 2.38. The summed E-state index contributed by atoms with van der Waals surface area (Å²) >= 11 is 0. The standard InChI is InChI=1S/C13H25N3O2/c1-10(2)16(9-11(14)15-18)12(17)13(3)7-5-4-6-8-13/h10,18H,4-9H2,1-3H3,(H2,14,15). The first-order valence-electron chi connectivity index (χ1n) is 6.68. The summed E-state index contributed by atoms with van der Waals surface area (Å²) in [5.74, 6) is 0.209. The average molecular weight is 255 g/mol. The van der Waals surface area contributed by atoms with E-state index in [9.17, 15) is 4.79 Å². The Kier molecular flexibility index (Phi) is 4.99. The summed E-state index contributed by atoms with van der Waals surface area (Å²) < 4.78 is 0. The van der Waals surface area contributed by atoms with Crippen LogP contribution in [0, 0.1) is 5.41 Å². The fourth-order valence-electron chi connectivity index (χ4n) is 2.59. The number of hydrogen-bond donors (Lipinski definition) is 2. The second-order valence-electron chi connectivity index (χ2n) is 5.74. The summed E-state index contributed by atoms with van der Waals surface area (Å²) in [6.45, 7) is 6.14. The first-order chi connectivity index (χ1) is 8.40. The molecule has 0 spiro atoms. The van der Waals surface area contributed by atoms with Crippen LogP contribution in [0.1, 0.15) is 52.9 Å². The van der Waals surface area contributed by atoms with E-state index in [2.05, 4.69) is 5.16 Å². The monoisotopic (exact) mass is 255 g/mol. The molecule has 1 aliphatic rings. The van der Waals surface area contributed by atoms with E-state index in [-0.39, 0.29) is 29.7 Å². The maximum Gasteiger partial charge on any atom is 0.229 e. The molecule has 0 heterocycles. The molecule has 0 saturated heterocycles. The van der Waals surface area contributed by atoms with Gasteiger partial charge in [-0.3, -0.25) is 4.79 Å². The van der Waals surface area contributed by atoms with Crippen molar-refractivity contribution in [2.24, 2.45) is 16.3 Å². The Hall–Kier alpha value is -1.26. The van der Waals surface area contributed by atoms with Crippen LogP contribution in [0.25, 0.3) is 0 Å². The minimum atomic E-state index is -0.280. The molecular weight excluding hydrogens is 230 g/mol. The predicted octanol–water partition coefficient (Wildman–Crippen LogP) is 1.94. The summed E-state index contributed by atoms with van der Waals surface area (Å²) in [4.78, 5) is 14.4.